The van der Waals surface area contributed by atoms with Gasteiger partial charge in [-0.15, -0.1) is 5.34 Å². The Morgan fingerprint density at radius 2 is 1.43 bits per heavy atom. The number of halogens is 1. The van der Waals surface area contributed by atoms with Crippen LogP contribution in [0.15, 0.2) is 5.34 Å². The van der Waals surface area contributed by atoms with E-state index in [1.807, 2.05) is 0 Å². The molecule has 0 atom stereocenters. The van der Waals surface area contributed by atoms with Crippen molar-refractivity contribution in [2.24, 2.45) is 5.34 Å². The van der Waals surface area contributed by atoms with Gasteiger partial charge in [-0.3, -0.25) is 0 Å². The Morgan fingerprint density at radius 1 is 1.43 bits per heavy atom. The molecule has 0 aliphatic rings. The van der Waals surface area contributed by atoms with Crippen LogP contribution >= 0.6 is 0 Å². The molecule has 7 heteroatoms. The molecule has 0 aliphatic heterocycles. The molecular formula is H6ClN2NaO3. The largest absolute Gasteiger partial charge is 1.00 e. The van der Waals surface area contributed by atoms with Crippen molar-refractivity contribution in [2.75, 3.05) is 0 Å². The van der Waals surface area contributed by atoms with E-state index in [1.54, 1.807) is 0 Å². The van der Waals surface area contributed by atoms with Crippen molar-refractivity contribution >= 4 is 0 Å². The van der Waals surface area contributed by atoms with Crippen LogP contribution < -0.4 is 48.1 Å². The van der Waals surface area contributed by atoms with Gasteiger partial charge in [0.15, 0.2) is 0 Å². The molecule has 0 aromatic rings. The Hall–Kier alpha value is 0.610. The summed E-state index contributed by atoms with van der Waals surface area (Å²) < 4.78 is 0. The average molecular weight is 141 g/mol. The third-order valence-corrected chi connectivity index (χ3v) is 0. The van der Waals surface area contributed by atoms with Crippen molar-refractivity contribution in [1.82, 2.24) is 6.15 Å². The van der Waals surface area contributed by atoms with Crippen molar-refractivity contribution in [3.63, 3.8) is 0 Å². The minimum absolute atomic E-state index is 0. The van der Waals surface area contributed by atoms with Gasteiger partial charge >= 0.3 is 29.6 Å². The van der Waals surface area contributed by atoms with E-state index in [1.165, 1.54) is 0 Å². The zero-order valence-corrected chi connectivity index (χ0v) is 6.90. The van der Waals surface area contributed by atoms with Gasteiger partial charge in [0.2, 0.25) is 0 Å². The van der Waals surface area contributed by atoms with Crippen molar-refractivity contribution < 1.29 is 47.4 Å². The van der Waals surface area contributed by atoms with Gasteiger partial charge in [0.05, 0.1) is 0 Å². The quantitative estimate of drug-likeness (QED) is 0.205. The van der Waals surface area contributed by atoms with E-state index in [2.05, 4.69) is 0 Å². The van der Waals surface area contributed by atoms with Gasteiger partial charge in [0, 0.05) is 0 Å². The fraction of sp³-hybridized carbons (Fsp3) is 0. The smallest absolute Gasteiger partial charge is 1.00 e. The molecule has 0 aromatic carbocycles. The third kappa shape index (κ3) is 378. The molecule has 0 saturated heterocycles. The summed E-state index contributed by atoms with van der Waals surface area (Å²) in [6.45, 7) is 0. The topological polar surface area (TPSA) is 120 Å². The average Bonchev–Trinajstić information content (AvgIpc) is 0.918. The molecule has 0 heterocycles. The van der Waals surface area contributed by atoms with Crippen LogP contribution in [-0.2, 0) is 0 Å². The molecule has 0 unspecified atom stereocenters. The maximum Gasteiger partial charge on any atom is 1.00 e. The van der Waals surface area contributed by atoms with Crippen LogP contribution in [0.5, 0.6) is 0 Å². The van der Waals surface area contributed by atoms with Crippen LogP contribution in [0.25, 0.3) is 0 Å². The molecule has 0 aromatic heterocycles. The Labute approximate surface area is 69.0 Å². The third-order valence-electron chi connectivity index (χ3n) is 0. The second-order valence-corrected chi connectivity index (χ2v) is 0.0745. The van der Waals surface area contributed by atoms with Crippen LogP contribution in [0.2, 0.25) is 0 Å². The first-order valence-corrected chi connectivity index (χ1v) is 0.365. The van der Waals surface area contributed by atoms with E-state index in [4.69, 9.17) is 10.1 Å². The van der Waals surface area contributed by atoms with E-state index in [9.17, 15) is 0 Å². The van der Waals surface area contributed by atoms with Crippen LogP contribution in [0.3, 0.4) is 0 Å². The zero-order valence-electron chi connectivity index (χ0n) is 4.14. The van der Waals surface area contributed by atoms with E-state index in [0.29, 0.717) is 0 Å². The van der Waals surface area contributed by atoms with E-state index >= 15 is 0 Å². The molecule has 0 radical (unpaired) electrons. The minimum Gasteiger partial charge on any atom is -1.00 e. The van der Waals surface area contributed by atoms with E-state index in [0.717, 1.165) is 5.34 Å². The van der Waals surface area contributed by atoms with Gasteiger partial charge in [0.25, 0.3) is 0 Å². The van der Waals surface area contributed by atoms with Crippen LogP contribution in [-0.4, -0.2) is 5.48 Å². The van der Waals surface area contributed by atoms with Crippen molar-refractivity contribution in [2.45, 2.75) is 0 Å². The molecule has 0 rings (SSSR count). The molecule has 0 amide bonds. The fourth-order valence-corrected chi connectivity index (χ4v) is 0. The summed E-state index contributed by atoms with van der Waals surface area (Å²) in [5.74, 6) is 0. The maximum atomic E-state index is 8.00. The number of hydrogen-bond acceptors (Lipinski definition) is 3. The van der Waals surface area contributed by atoms with Crippen molar-refractivity contribution in [1.29, 1.82) is 0 Å². The normalized spacial score (nSPS) is 1.71. The van der Waals surface area contributed by atoms with Gasteiger partial charge in [-0.25, -0.2) is 0 Å². The summed E-state index contributed by atoms with van der Waals surface area (Å²) in [7, 11) is 0. The van der Waals surface area contributed by atoms with E-state index in [-0.39, 0.29) is 53.6 Å². The molecule has 0 bridgehead atoms. The van der Waals surface area contributed by atoms with Crippen LogP contribution in [0, 0.1) is 10.1 Å². The fourth-order valence-electron chi connectivity index (χ4n) is 0. The van der Waals surface area contributed by atoms with Gasteiger partial charge in [-0.2, -0.15) is 0 Å². The first-order valence-electron chi connectivity index (χ1n) is 0.365. The van der Waals surface area contributed by atoms with Crippen LogP contribution in [0.4, 0.5) is 0 Å². The Morgan fingerprint density at radius 3 is 1.43 bits per heavy atom. The van der Waals surface area contributed by atoms with Gasteiger partial charge in [-0.1, -0.05) is 0 Å². The minimum atomic E-state index is 0. The molecule has 7 heavy (non-hydrogen) atoms. The van der Waals surface area contributed by atoms with E-state index < -0.39 is 0 Å². The maximum absolute atomic E-state index is 8.00. The molecule has 6 N–H and O–H groups in total. The summed E-state index contributed by atoms with van der Waals surface area (Å²) >= 11 is 0. The molecule has 0 aliphatic carbocycles. The number of rotatable bonds is 0. The summed E-state index contributed by atoms with van der Waals surface area (Å²) in [5, 5.41) is 9.00. The molecule has 0 saturated carbocycles. The van der Waals surface area contributed by atoms with Gasteiger partial charge in [0.1, 0.15) is 0 Å². The Balaban J connectivity index is -0.00000000333. The first kappa shape index (κ1) is 48.8. The number of quaternary nitrogens is 1. The van der Waals surface area contributed by atoms with Gasteiger partial charge in [-0.05, 0) is 0 Å². The number of nitrogens with zero attached hydrogens (tertiary/aromatic N) is 1. The van der Waals surface area contributed by atoms with Crippen LogP contribution in [0.1, 0.15) is 0 Å². The van der Waals surface area contributed by atoms with Gasteiger partial charge < -0.3 is 34.1 Å². The summed E-state index contributed by atoms with van der Waals surface area (Å²) in [6, 6.07) is 0. The molecule has 5 nitrogen and oxygen atoms in total. The summed E-state index contributed by atoms with van der Waals surface area (Å²) in [5.41, 5.74) is 0. The molecule has 42 valence electrons. The second-order valence-electron chi connectivity index (χ2n) is 0.0745. The SMILES string of the molecule is O.O=N[O-].[Cl-].[NH4+].[Na+]. The summed E-state index contributed by atoms with van der Waals surface area (Å²) in [4.78, 5) is 8.00. The molecule has 0 spiro atoms. The van der Waals surface area contributed by atoms with Crippen molar-refractivity contribution in [3.05, 3.63) is 10.1 Å². The molecule has 0 fully saturated rings. The predicted octanol–water partition coefficient (Wildman–Crippen LogP) is -6.19. The molecular weight excluding hydrogens is 134 g/mol. The standard InChI is InChI=1S/ClH.HNO2.H3N.Na.H2O/c;2-1-3;;;/h1H;(H,2,3);1H3;;1H2/q;;;+1;/p-1. The van der Waals surface area contributed by atoms with Crippen molar-refractivity contribution in [3.8, 4) is 0 Å². The zero-order chi connectivity index (χ0) is 2.71. The second kappa shape index (κ2) is 80.3. The Kier molecular flexibility index (Phi) is 560. The predicted molar refractivity (Wildman–Crippen MR) is 18.8 cm³/mol. The Bertz CT molecular complexity index is 20.4. The first-order chi connectivity index (χ1) is 1.41. The summed E-state index contributed by atoms with van der Waals surface area (Å²) in [6.07, 6.45) is 0. The monoisotopic (exact) mass is 140 g/mol. The number of hydrogen-bond donors (Lipinski definition) is 1.